The van der Waals surface area contributed by atoms with Gasteiger partial charge < -0.3 is 0 Å². The Hall–Kier alpha value is -2.95. The van der Waals surface area contributed by atoms with Gasteiger partial charge in [0, 0.05) is 30.7 Å². The van der Waals surface area contributed by atoms with Crippen LogP contribution in [0.25, 0.3) is 33.3 Å². The summed E-state index contributed by atoms with van der Waals surface area (Å²) in [6.07, 6.45) is 1.79. The fourth-order valence-electron chi connectivity index (χ4n) is 3.36. The van der Waals surface area contributed by atoms with E-state index in [0.29, 0.717) is 12.2 Å². The molecule has 132 valence electrons. The van der Waals surface area contributed by atoms with Gasteiger partial charge in [0.05, 0.1) is 16.7 Å². The van der Waals surface area contributed by atoms with Gasteiger partial charge in [0.2, 0.25) is 0 Å². The molecule has 0 radical (unpaired) electrons. The molecule has 0 aliphatic carbocycles. The summed E-state index contributed by atoms with van der Waals surface area (Å²) >= 11 is 0. The van der Waals surface area contributed by atoms with E-state index in [0.717, 1.165) is 27.7 Å². The number of pyridine rings is 2. The Labute approximate surface area is 151 Å². The number of hydrogen-bond donors (Lipinski definition) is 0. The van der Waals surface area contributed by atoms with Crippen LogP contribution >= 0.6 is 0 Å². The Kier molecular flexibility index (Phi) is 3.68. The number of para-hydroxylation sites is 1. The molecule has 0 amide bonds. The first-order valence-corrected chi connectivity index (χ1v) is 8.75. The fourth-order valence-corrected chi connectivity index (χ4v) is 3.36. The molecule has 0 N–H and O–H groups in total. The van der Waals surface area contributed by atoms with Gasteiger partial charge in [-0.05, 0) is 23.6 Å². The molecule has 0 aliphatic rings. The van der Waals surface area contributed by atoms with E-state index in [1.54, 1.807) is 17.8 Å². The monoisotopic (exact) mass is 346 g/mol. The van der Waals surface area contributed by atoms with Crippen LogP contribution in [0.5, 0.6) is 0 Å². The minimum Gasteiger partial charge on any atom is -0.290 e. The Balaban J connectivity index is 1.94. The van der Waals surface area contributed by atoms with Gasteiger partial charge in [-0.1, -0.05) is 45.0 Å². The van der Waals surface area contributed by atoms with Crippen molar-refractivity contribution in [2.75, 3.05) is 0 Å². The van der Waals surface area contributed by atoms with Crippen molar-refractivity contribution < 1.29 is 0 Å². The van der Waals surface area contributed by atoms with Crippen LogP contribution in [0.4, 0.5) is 0 Å². The number of rotatable bonds is 2. The Morgan fingerprint density at radius 1 is 1.04 bits per heavy atom. The summed E-state index contributed by atoms with van der Waals surface area (Å²) in [7, 11) is 1.78. The van der Waals surface area contributed by atoms with E-state index in [4.69, 9.17) is 4.98 Å². The van der Waals surface area contributed by atoms with Gasteiger partial charge in [0.1, 0.15) is 0 Å². The maximum atomic E-state index is 12.7. The second kappa shape index (κ2) is 5.80. The summed E-state index contributed by atoms with van der Waals surface area (Å²) in [6.45, 7) is 7.03. The lowest BCUT2D eigenvalue weighted by atomic mass is 9.97. The lowest BCUT2D eigenvalue weighted by molar-refractivity contribution is 0.342. The van der Waals surface area contributed by atoms with Gasteiger partial charge in [-0.15, -0.1) is 0 Å². The fraction of sp³-hybridized carbons (Fsp3) is 0.286. The van der Waals surface area contributed by atoms with E-state index in [9.17, 15) is 4.79 Å². The number of aromatic nitrogens is 4. The third kappa shape index (κ3) is 2.69. The SMILES string of the molecule is Cn1c(=O)n(CC(C)(C)C)c2ccc(-c3cccc4cccnc34)nc21. The molecule has 0 unspecified atom stereocenters. The molecule has 4 aromatic rings. The zero-order valence-corrected chi connectivity index (χ0v) is 15.5. The second-order valence-corrected chi connectivity index (χ2v) is 7.91. The quantitative estimate of drug-likeness (QED) is 0.551. The van der Waals surface area contributed by atoms with E-state index < -0.39 is 0 Å². The summed E-state index contributed by atoms with van der Waals surface area (Å²) in [4.78, 5) is 22.0. The third-order valence-electron chi connectivity index (χ3n) is 4.52. The number of fused-ring (bicyclic) bond motifs is 2. The van der Waals surface area contributed by atoms with Crippen molar-refractivity contribution in [2.45, 2.75) is 27.3 Å². The van der Waals surface area contributed by atoms with Crippen molar-refractivity contribution in [2.24, 2.45) is 12.5 Å². The van der Waals surface area contributed by atoms with Gasteiger partial charge in [0.15, 0.2) is 5.65 Å². The number of hydrogen-bond acceptors (Lipinski definition) is 3. The molecule has 5 nitrogen and oxygen atoms in total. The number of nitrogens with zero attached hydrogens (tertiary/aromatic N) is 4. The average molecular weight is 346 g/mol. The van der Waals surface area contributed by atoms with E-state index >= 15 is 0 Å². The van der Waals surface area contributed by atoms with E-state index in [2.05, 4.69) is 25.8 Å². The molecule has 0 fully saturated rings. The highest BCUT2D eigenvalue weighted by Crippen LogP contribution is 2.27. The minimum atomic E-state index is -0.0318. The maximum absolute atomic E-state index is 12.7. The van der Waals surface area contributed by atoms with Crippen LogP contribution < -0.4 is 5.69 Å². The standard InChI is InChI=1S/C21H22N4O/c1-21(2,3)13-25-17-11-10-16(23-19(17)24(4)20(25)26)15-9-5-7-14-8-6-12-22-18(14)15/h5-12H,13H2,1-4H3. The van der Waals surface area contributed by atoms with E-state index in [-0.39, 0.29) is 11.1 Å². The molecule has 0 bridgehead atoms. The highest BCUT2D eigenvalue weighted by atomic mass is 16.1. The zero-order chi connectivity index (χ0) is 18.5. The summed E-state index contributed by atoms with van der Waals surface area (Å²) in [6, 6.07) is 14.0. The molecule has 0 atom stereocenters. The number of imidazole rings is 1. The lowest BCUT2D eigenvalue weighted by Crippen LogP contribution is -2.27. The van der Waals surface area contributed by atoms with Gasteiger partial charge in [-0.3, -0.25) is 14.1 Å². The predicted octanol–water partition coefficient (Wildman–Crippen LogP) is 4.00. The zero-order valence-electron chi connectivity index (χ0n) is 15.5. The molecule has 5 heteroatoms. The van der Waals surface area contributed by atoms with Crippen molar-refractivity contribution in [3.63, 3.8) is 0 Å². The first-order valence-electron chi connectivity index (χ1n) is 8.75. The normalized spacial score (nSPS) is 12.2. The van der Waals surface area contributed by atoms with Crippen molar-refractivity contribution in [1.29, 1.82) is 0 Å². The first-order chi connectivity index (χ1) is 12.3. The number of aryl methyl sites for hydroxylation is 1. The van der Waals surface area contributed by atoms with Crippen LogP contribution in [0.1, 0.15) is 20.8 Å². The molecule has 0 aliphatic heterocycles. The predicted molar refractivity (Wildman–Crippen MR) is 105 cm³/mol. The molecule has 0 saturated carbocycles. The van der Waals surface area contributed by atoms with Crippen molar-refractivity contribution in [3.05, 3.63) is 59.1 Å². The van der Waals surface area contributed by atoms with Crippen LogP contribution in [0.2, 0.25) is 0 Å². The molecule has 0 spiro atoms. The summed E-state index contributed by atoms with van der Waals surface area (Å²) < 4.78 is 3.44. The summed E-state index contributed by atoms with van der Waals surface area (Å²) in [5.74, 6) is 0. The topological polar surface area (TPSA) is 52.7 Å². The molecule has 3 heterocycles. The molecular formula is C21H22N4O. The highest BCUT2D eigenvalue weighted by molar-refractivity contribution is 5.93. The molecular weight excluding hydrogens is 324 g/mol. The van der Waals surface area contributed by atoms with Crippen LogP contribution in [-0.4, -0.2) is 19.1 Å². The Morgan fingerprint density at radius 2 is 1.81 bits per heavy atom. The number of benzene rings is 1. The summed E-state index contributed by atoms with van der Waals surface area (Å²) in [5, 5.41) is 1.08. The van der Waals surface area contributed by atoms with Gasteiger partial charge >= 0.3 is 5.69 Å². The summed E-state index contributed by atoms with van der Waals surface area (Å²) in [5.41, 5.74) is 4.26. The highest BCUT2D eigenvalue weighted by Gasteiger charge is 2.19. The molecule has 3 aromatic heterocycles. The van der Waals surface area contributed by atoms with Crippen LogP contribution in [0.15, 0.2) is 53.5 Å². The van der Waals surface area contributed by atoms with Gasteiger partial charge in [-0.2, -0.15) is 0 Å². The molecule has 0 saturated heterocycles. The van der Waals surface area contributed by atoms with E-state index in [1.807, 2.05) is 47.0 Å². The Bertz CT molecular complexity index is 1170. The van der Waals surface area contributed by atoms with Crippen molar-refractivity contribution in [1.82, 2.24) is 19.1 Å². The van der Waals surface area contributed by atoms with E-state index in [1.165, 1.54) is 0 Å². The lowest BCUT2D eigenvalue weighted by Gasteiger charge is -2.18. The Morgan fingerprint density at radius 3 is 2.58 bits per heavy atom. The largest absolute Gasteiger partial charge is 0.330 e. The smallest absolute Gasteiger partial charge is 0.290 e. The van der Waals surface area contributed by atoms with Crippen molar-refractivity contribution >= 4 is 22.1 Å². The van der Waals surface area contributed by atoms with Gasteiger partial charge in [0.25, 0.3) is 0 Å². The van der Waals surface area contributed by atoms with Crippen molar-refractivity contribution in [3.8, 4) is 11.3 Å². The maximum Gasteiger partial charge on any atom is 0.330 e. The molecule has 4 rings (SSSR count). The third-order valence-corrected chi connectivity index (χ3v) is 4.52. The molecule has 1 aromatic carbocycles. The minimum absolute atomic E-state index is 0.0103. The molecule has 26 heavy (non-hydrogen) atoms. The first kappa shape index (κ1) is 16.5. The average Bonchev–Trinajstić information content (AvgIpc) is 2.84. The van der Waals surface area contributed by atoms with Crippen LogP contribution in [-0.2, 0) is 13.6 Å². The van der Waals surface area contributed by atoms with Crippen LogP contribution in [0, 0.1) is 5.41 Å². The van der Waals surface area contributed by atoms with Crippen LogP contribution in [0.3, 0.4) is 0 Å². The second-order valence-electron chi connectivity index (χ2n) is 7.91. The van der Waals surface area contributed by atoms with Gasteiger partial charge in [-0.25, -0.2) is 9.78 Å².